The van der Waals surface area contributed by atoms with Crippen molar-refractivity contribution in [3.05, 3.63) is 46.1 Å². The summed E-state index contributed by atoms with van der Waals surface area (Å²) < 4.78 is 0.972. The number of hydrogen-bond donors (Lipinski definition) is 2. The molecule has 0 spiro atoms. The highest BCUT2D eigenvalue weighted by atomic mass is 32.2. The number of hydrogen-bond acceptors (Lipinski definition) is 7. The van der Waals surface area contributed by atoms with Crippen LogP contribution in [0.5, 0.6) is 0 Å². The SMILES string of the molecule is C[C@H](Sc1nc2scc(-c3ccccc3)c2c(=O)n1N)C(=O)N1CCNC1=O. The highest BCUT2D eigenvalue weighted by Gasteiger charge is 2.31. The standard InChI is InChI=1S/C18H17N5O3S2/c1-10(15(24)22-8-7-20-17(22)26)28-18-21-14-13(16(25)23(18)19)12(9-27-14)11-5-3-2-4-6-11/h2-6,9-10H,7-8,19H2,1H3,(H,20,26)/t10-/m0/s1. The van der Waals surface area contributed by atoms with Crippen LogP contribution in [0.1, 0.15) is 6.92 Å². The molecule has 1 aliphatic heterocycles. The first-order chi connectivity index (χ1) is 13.5. The van der Waals surface area contributed by atoms with E-state index in [2.05, 4.69) is 10.3 Å². The van der Waals surface area contributed by atoms with E-state index in [-0.39, 0.29) is 16.6 Å². The van der Waals surface area contributed by atoms with E-state index in [1.165, 1.54) is 11.3 Å². The lowest BCUT2D eigenvalue weighted by Crippen LogP contribution is -2.39. The highest BCUT2D eigenvalue weighted by molar-refractivity contribution is 8.00. The van der Waals surface area contributed by atoms with Gasteiger partial charge in [-0.3, -0.25) is 14.5 Å². The number of nitrogens with one attached hydrogen (secondary N) is 1. The van der Waals surface area contributed by atoms with Crippen molar-refractivity contribution in [3.63, 3.8) is 0 Å². The smallest absolute Gasteiger partial charge is 0.324 e. The minimum absolute atomic E-state index is 0.236. The number of urea groups is 1. The molecule has 2 aromatic heterocycles. The maximum atomic E-state index is 12.9. The van der Waals surface area contributed by atoms with Gasteiger partial charge in [0, 0.05) is 24.0 Å². The van der Waals surface area contributed by atoms with Crippen LogP contribution in [0.4, 0.5) is 4.79 Å². The van der Waals surface area contributed by atoms with Crippen molar-refractivity contribution in [1.29, 1.82) is 0 Å². The molecular weight excluding hydrogens is 398 g/mol. The molecule has 0 bridgehead atoms. The third-order valence-electron chi connectivity index (χ3n) is 4.45. The Bertz CT molecular complexity index is 1130. The van der Waals surface area contributed by atoms with Gasteiger partial charge in [0.15, 0.2) is 5.16 Å². The van der Waals surface area contributed by atoms with E-state index in [9.17, 15) is 14.4 Å². The van der Waals surface area contributed by atoms with Crippen LogP contribution < -0.4 is 16.7 Å². The molecule has 1 atom stereocenters. The topological polar surface area (TPSA) is 110 Å². The lowest BCUT2D eigenvalue weighted by Gasteiger charge is -2.17. The van der Waals surface area contributed by atoms with Crippen molar-refractivity contribution < 1.29 is 9.59 Å². The fourth-order valence-corrected chi connectivity index (χ4v) is 4.89. The number of nitrogens with zero attached hydrogens (tertiary/aromatic N) is 3. The Kier molecular flexibility index (Phi) is 4.82. The van der Waals surface area contributed by atoms with Crippen LogP contribution in [0.3, 0.4) is 0 Å². The van der Waals surface area contributed by atoms with Gasteiger partial charge < -0.3 is 11.2 Å². The summed E-state index contributed by atoms with van der Waals surface area (Å²) in [7, 11) is 0. The zero-order chi connectivity index (χ0) is 19.8. The van der Waals surface area contributed by atoms with Crippen molar-refractivity contribution in [2.45, 2.75) is 17.3 Å². The molecule has 1 aliphatic rings. The number of fused-ring (bicyclic) bond motifs is 1. The van der Waals surface area contributed by atoms with Crippen LogP contribution in [0.2, 0.25) is 0 Å². The zero-order valence-corrected chi connectivity index (χ0v) is 16.5. The largest absolute Gasteiger partial charge is 0.336 e. The molecule has 3 heterocycles. The molecular formula is C18H17N5O3S2. The summed E-state index contributed by atoms with van der Waals surface area (Å²) in [6.07, 6.45) is 0. The molecule has 0 unspecified atom stereocenters. The third-order valence-corrected chi connectivity index (χ3v) is 6.37. The van der Waals surface area contributed by atoms with Crippen molar-refractivity contribution in [2.75, 3.05) is 18.9 Å². The van der Waals surface area contributed by atoms with E-state index in [4.69, 9.17) is 5.84 Å². The zero-order valence-electron chi connectivity index (χ0n) is 14.9. The normalized spacial score (nSPS) is 15.0. The number of carbonyl (C=O) groups excluding carboxylic acids is 2. The van der Waals surface area contributed by atoms with Gasteiger partial charge in [0.25, 0.3) is 5.56 Å². The fraction of sp³-hybridized carbons (Fsp3) is 0.222. The van der Waals surface area contributed by atoms with E-state index >= 15 is 0 Å². The fourth-order valence-electron chi connectivity index (χ4n) is 3.01. The molecule has 0 aliphatic carbocycles. The molecule has 0 saturated carbocycles. The molecule has 0 radical (unpaired) electrons. The second kappa shape index (κ2) is 7.28. The number of nitrogen functional groups attached to an aromatic ring is 1. The van der Waals surface area contributed by atoms with Crippen LogP contribution in [0, 0.1) is 0 Å². The molecule has 8 nitrogen and oxygen atoms in total. The Morgan fingerprint density at radius 1 is 1.32 bits per heavy atom. The van der Waals surface area contributed by atoms with Crippen molar-refractivity contribution in [1.82, 2.24) is 19.9 Å². The first kappa shape index (κ1) is 18.5. The predicted octanol–water partition coefficient (Wildman–Crippen LogP) is 1.87. The number of thioether (sulfide) groups is 1. The lowest BCUT2D eigenvalue weighted by molar-refractivity contribution is -0.126. The summed E-state index contributed by atoms with van der Waals surface area (Å²) in [6.45, 7) is 2.43. The third kappa shape index (κ3) is 3.14. The molecule has 3 amide bonds. The van der Waals surface area contributed by atoms with Gasteiger partial charge >= 0.3 is 6.03 Å². The van der Waals surface area contributed by atoms with Crippen molar-refractivity contribution in [2.24, 2.45) is 0 Å². The van der Waals surface area contributed by atoms with Gasteiger partial charge in [-0.15, -0.1) is 11.3 Å². The number of imide groups is 1. The number of rotatable bonds is 4. The second-order valence-corrected chi connectivity index (χ2v) is 8.41. The second-order valence-electron chi connectivity index (χ2n) is 6.25. The van der Waals surface area contributed by atoms with Gasteiger partial charge in [0.2, 0.25) is 5.91 Å². The van der Waals surface area contributed by atoms with E-state index in [0.717, 1.165) is 32.5 Å². The molecule has 3 aromatic rings. The quantitative estimate of drug-likeness (QED) is 0.382. The molecule has 1 aromatic carbocycles. The monoisotopic (exact) mass is 415 g/mol. The molecule has 28 heavy (non-hydrogen) atoms. The average Bonchev–Trinajstić information content (AvgIpc) is 3.32. The van der Waals surface area contributed by atoms with Crippen LogP contribution in [0.25, 0.3) is 21.3 Å². The maximum absolute atomic E-state index is 12.9. The average molecular weight is 416 g/mol. The van der Waals surface area contributed by atoms with E-state index in [1.54, 1.807) is 6.92 Å². The Morgan fingerprint density at radius 3 is 2.75 bits per heavy atom. The minimum Gasteiger partial charge on any atom is -0.336 e. The number of aromatic nitrogens is 2. The molecule has 144 valence electrons. The van der Waals surface area contributed by atoms with Crippen molar-refractivity contribution >= 4 is 45.3 Å². The molecule has 10 heteroatoms. The van der Waals surface area contributed by atoms with Gasteiger partial charge in [0.1, 0.15) is 4.83 Å². The maximum Gasteiger partial charge on any atom is 0.324 e. The number of amides is 3. The van der Waals surface area contributed by atoms with Gasteiger partial charge in [-0.1, -0.05) is 42.1 Å². The summed E-state index contributed by atoms with van der Waals surface area (Å²) in [5.74, 6) is 5.66. The van der Waals surface area contributed by atoms with Gasteiger partial charge in [-0.25, -0.2) is 14.5 Å². The number of benzene rings is 1. The Morgan fingerprint density at radius 2 is 2.07 bits per heavy atom. The summed E-state index contributed by atoms with van der Waals surface area (Å²) in [4.78, 5) is 43.3. The van der Waals surface area contributed by atoms with Crippen LogP contribution >= 0.6 is 23.1 Å². The Labute approximate surface area is 168 Å². The predicted molar refractivity (Wildman–Crippen MR) is 110 cm³/mol. The van der Waals surface area contributed by atoms with Gasteiger partial charge in [-0.2, -0.15) is 0 Å². The first-order valence-electron chi connectivity index (χ1n) is 8.58. The van der Waals surface area contributed by atoms with Crippen molar-refractivity contribution in [3.8, 4) is 11.1 Å². The molecule has 3 N–H and O–H groups in total. The summed E-state index contributed by atoms with van der Waals surface area (Å²) in [5, 5.41) is 4.56. The highest BCUT2D eigenvalue weighted by Crippen LogP contribution is 2.32. The Balaban J connectivity index is 1.68. The number of nitrogens with two attached hydrogens (primary N) is 1. The van der Waals surface area contributed by atoms with Gasteiger partial charge in [0.05, 0.1) is 10.6 Å². The Hall–Kier alpha value is -2.85. The van der Waals surface area contributed by atoms with Crippen LogP contribution in [0.15, 0.2) is 45.7 Å². The summed E-state index contributed by atoms with van der Waals surface area (Å²) in [6, 6.07) is 9.15. The van der Waals surface area contributed by atoms with Crippen LogP contribution in [-0.4, -0.2) is 44.8 Å². The molecule has 1 saturated heterocycles. The molecule has 4 rings (SSSR count). The van der Waals surface area contributed by atoms with Gasteiger partial charge in [-0.05, 0) is 12.5 Å². The number of carbonyl (C=O) groups is 2. The van der Waals surface area contributed by atoms with E-state index in [1.807, 2.05) is 35.7 Å². The summed E-state index contributed by atoms with van der Waals surface area (Å²) >= 11 is 2.42. The minimum atomic E-state index is -0.614. The molecule has 1 fully saturated rings. The van der Waals surface area contributed by atoms with E-state index < -0.39 is 11.3 Å². The van der Waals surface area contributed by atoms with E-state index in [0.29, 0.717) is 23.3 Å². The number of thiophene rings is 1. The summed E-state index contributed by atoms with van der Waals surface area (Å²) in [5.41, 5.74) is 1.33. The lowest BCUT2D eigenvalue weighted by atomic mass is 10.1. The first-order valence-corrected chi connectivity index (χ1v) is 10.3. The van der Waals surface area contributed by atoms with Crippen LogP contribution in [-0.2, 0) is 4.79 Å².